The van der Waals surface area contributed by atoms with E-state index in [1.165, 1.54) is 0 Å². The van der Waals surface area contributed by atoms with Gasteiger partial charge in [-0.1, -0.05) is 0 Å². The molecule has 0 heterocycles. The molecule has 0 aliphatic carbocycles. The molecule has 2 aromatic carbocycles. The lowest BCUT2D eigenvalue weighted by Crippen LogP contribution is -2.29. The van der Waals surface area contributed by atoms with Crippen LogP contribution in [0.15, 0.2) is 30.3 Å². The number of hydrogen-bond donors (Lipinski definition) is 5. The molecule has 0 aliphatic heterocycles. The van der Waals surface area contributed by atoms with Crippen LogP contribution in [-0.2, 0) is 0 Å². The predicted octanol–water partition coefficient (Wildman–Crippen LogP) is 2.13. The van der Waals surface area contributed by atoms with Crippen molar-refractivity contribution < 1.29 is 15.3 Å². The Balaban J connectivity index is 2.20. The zero-order valence-electron chi connectivity index (χ0n) is 14.1. The van der Waals surface area contributed by atoms with Gasteiger partial charge >= 0.3 is 0 Å². The summed E-state index contributed by atoms with van der Waals surface area (Å²) >= 11 is 0. The van der Waals surface area contributed by atoms with Gasteiger partial charge in [-0.25, -0.2) is 0 Å². The number of nitrogens with zero attached hydrogens (tertiary/aromatic N) is 1. The zero-order chi connectivity index (χ0) is 17.7. The van der Waals surface area contributed by atoms with Gasteiger partial charge in [-0.2, -0.15) is 0 Å². The van der Waals surface area contributed by atoms with Gasteiger partial charge < -0.3 is 31.3 Å². The third-order valence-electron chi connectivity index (χ3n) is 4.04. The van der Waals surface area contributed by atoms with E-state index < -0.39 is 0 Å². The molecule has 0 bridgehead atoms. The van der Waals surface area contributed by atoms with Crippen molar-refractivity contribution in [3.8, 4) is 5.75 Å². The summed E-state index contributed by atoms with van der Waals surface area (Å²) in [6.45, 7) is 4.61. The highest BCUT2D eigenvalue weighted by molar-refractivity contribution is 5.78. The minimum Gasteiger partial charge on any atom is -0.507 e. The number of rotatable bonds is 7. The third-order valence-corrected chi connectivity index (χ3v) is 4.04. The summed E-state index contributed by atoms with van der Waals surface area (Å²) in [7, 11) is 0. The van der Waals surface area contributed by atoms with Gasteiger partial charge in [0.2, 0.25) is 0 Å². The van der Waals surface area contributed by atoms with Crippen molar-refractivity contribution in [2.45, 2.75) is 13.8 Å². The molecule has 0 unspecified atom stereocenters. The van der Waals surface area contributed by atoms with Gasteiger partial charge in [-0.15, -0.1) is 0 Å². The summed E-state index contributed by atoms with van der Waals surface area (Å²) < 4.78 is 0. The van der Waals surface area contributed by atoms with Gasteiger partial charge in [0.1, 0.15) is 5.75 Å². The smallest absolute Gasteiger partial charge is 0.123 e. The largest absolute Gasteiger partial charge is 0.507 e. The molecule has 0 saturated heterocycles. The van der Waals surface area contributed by atoms with E-state index >= 15 is 0 Å². The first kappa shape index (κ1) is 17.9. The Morgan fingerprint density at radius 3 is 2.17 bits per heavy atom. The Labute approximate surface area is 142 Å². The van der Waals surface area contributed by atoms with E-state index in [1.54, 1.807) is 6.92 Å². The maximum absolute atomic E-state index is 9.92. The predicted molar refractivity (Wildman–Crippen MR) is 98.1 cm³/mol. The second-order valence-electron chi connectivity index (χ2n) is 5.73. The zero-order valence-corrected chi connectivity index (χ0v) is 14.1. The molecule has 24 heavy (non-hydrogen) atoms. The number of aryl methyl sites for hydroxylation is 1. The molecule has 0 saturated carbocycles. The fourth-order valence-electron chi connectivity index (χ4n) is 2.61. The Kier molecular flexibility index (Phi) is 5.89. The van der Waals surface area contributed by atoms with Gasteiger partial charge in [0, 0.05) is 30.0 Å². The second kappa shape index (κ2) is 7.90. The van der Waals surface area contributed by atoms with Gasteiger partial charge in [0.25, 0.3) is 0 Å². The van der Waals surface area contributed by atoms with Crippen LogP contribution in [0.4, 0.5) is 22.7 Å². The number of nitrogens with one attached hydrogen (secondary N) is 1. The van der Waals surface area contributed by atoms with E-state index in [0.717, 1.165) is 22.6 Å². The molecular weight excluding hydrogens is 306 g/mol. The van der Waals surface area contributed by atoms with Crippen LogP contribution in [0.5, 0.6) is 5.75 Å². The van der Waals surface area contributed by atoms with Crippen LogP contribution >= 0.6 is 0 Å². The minimum atomic E-state index is 0.0304. The van der Waals surface area contributed by atoms with Crippen LogP contribution in [0.25, 0.3) is 0 Å². The molecule has 0 atom stereocenters. The number of aromatic hydroxyl groups is 1. The van der Waals surface area contributed by atoms with E-state index in [-0.39, 0.29) is 19.0 Å². The maximum Gasteiger partial charge on any atom is 0.123 e. The van der Waals surface area contributed by atoms with Gasteiger partial charge in [-0.3, -0.25) is 0 Å². The first-order valence-corrected chi connectivity index (χ1v) is 7.90. The molecule has 130 valence electrons. The Bertz CT molecular complexity index is 681. The highest BCUT2D eigenvalue weighted by Gasteiger charge is 2.11. The van der Waals surface area contributed by atoms with E-state index in [0.29, 0.717) is 24.3 Å². The van der Waals surface area contributed by atoms with Crippen molar-refractivity contribution >= 4 is 22.7 Å². The summed E-state index contributed by atoms with van der Waals surface area (Å²) in [5.74, 6) is 0.219. The van der Waals surface area contributed by atoms with Crippen LogP contribution in [0.1, 0.15) is 11.1 Å². The maximum atomic E-state index is 9.92. The Morgan fingerprint density at radius 2 is 1.62 bits per heavy atom. The summed E-state index contributed by atoms with van der Waals surface area (Å²) in [5, 5.41) is 31.4. The molecule has 0 aliphatic rings. The molecule has 0 radical (unpaired) electrons. The number of nitrogens with two attached hydrogens (primary N) is 1. The van der Waals surface area contributed by atoms with Crippen molar-refractivity contribution in [3.63, 3.8) is 0 Å². The second-order valence-corrected chi connectivity index (χ2v) is 5.73. The lowest BCUT2D eigenvalue weighted by Gasteiger charge is -2.23. The average molecular weight is 331 g/mol. The minimum absolute atomic E-state index is 0.0304. The summed E-state index contributed by atoms with van der Waals surface area (Å²) in [6.07, 6.45) is 0. The molecule has 6 N–H and O–H groups in total. The summed E-state index contributed by atoms with van der Waals surface area (Å²) in [6, 6.07) is 9.48. The average Bonchev–Trinajstić information content (AvgIpc) is 2.58. The Morgan fingerprint density at radius 1 is 1.04 bits per heavy atom. The van der Waals surface area contributed by atoms with Gasteiger partial charge in [0.15, 0.2) is 0 Å². The quantitative estimate of drug-likeness (QED) is 0.393. The van der Waals surface area contributed by atoms with Crippen LogP contribution in [-0.4, -0.2) is 41.6 Å². The van der Waals surface area contributed by atoms with Crippen LogP contribution < -0.4 is 16.0 Å². The van der Waals surface area contributed by atoms with Crippen LogP contribution in [0, 0.1) is 13.8 Å². The van der Waals surface area contributed by atoms with E-state index in [2.05, 4.69) is 5.32 Å². The lowest BCUT2D eigenvalue weighted by atomic mass is 10.1. The number of phenols is 1. The van der Waals surface area contributed by atoms with Crippen molar-refractivity contribution in [1.82, 2.24) is 0 Å². The number of aliphatic hydroxyl groups is 2. The van der Waals surface area contributed by atoms with E-state index in [1.807, 2.05) is 42.2 Å². The highest BCUT2D eigenvalue weighted by atomic mass is 16.3. The molecule has 2 aromatic rings. The fourth-order valence-corrected chi connectivity index (χ4v) is 2.61. The number of phenolic OH excluding ortho intramolecular Hbond substituents is 1. The molecule has 6 heteroatoms. The Hall–Kier alpha value is -2.44. The molecule has 2 rings (SSSR count). The number of nitrogen functional groups attached to an aromatic ring is 1. The van der Waals surface area contributed by atoms with Crippen molar-refractivity contribution in [1.29, 1.82) is 0 Å². The normalized spacial score (nSPS) is 10.7. The van der Waals surface area contributed by atoms with Crippen molar-refractivity contribution in [3.05, 3.63) is 41.5 Å². The van der Waals surface area contributed by atoms with E-state index in [9.17, 15) is 5.11 Å². The first-order chi connectivity index (χ1) is 11.5. The number of hydrogen-bond acceptors (Lipinski definition) is 6. The van der Waals surface area contributed by atoms with E-state index in [4.69, 9.17) is 15.9 Å². The fraction of sp³-hybridized carbons (Fsp3) is 0.333. The lowest BCUT2D eigenvalue weighted by molar-refractivity contribution is 0.281. The van der Waals surface area contributed by atoms with Crippen molar-refractivity contribution in [2.75, 3.05) is 42.3 Å². The van der Waals surface area contributed by atoms with Gasteiger partial charge in [0.05, 0.1) is 24.6 Å². The molecule has 0 spiro atoms. The van der Waals surface area contributed by atoms with Crippen LogP contribution in [0.2, 0.25) is 0 Å². The number of anilines is 4. The SMILES string of the molecule is Cc1cc(Nc2ccc(N(CCO)CCO)cc2)c(N)c(C)c1O. The van der Waals surface area contributed by atoms with Gasteiger partial charge in [-0.05, 0) is 49.7 Å². The monoisotopic (exact) mass is 331 g/mol. The van der Waals surface area contributed by atoms with Crippen molar-refractivity contribution in [2.24, 2.45) is 0 Å². The molecule has 0 fully saturated rings. The molecule has 0 amide bonds. The molecule has 0 aromatic heterocycles. The first-order valence-electron chi connectivity index (χ1n) is 7.90. The highest BCUT2D eigenvalue weighted by Crippen LogP contribution is 2.35. The third kappa shape index (κ3) is 3.90. The standard InChI is InChI=1S/C18H25N3O3/c1-12-11-16(17(19)13(2)18(12)24)20-14-3-5-15(6-4-14)21(7-9-22)8-10-23/h3-6,11,20,22-24H,7-10,19H2,1-2H3. The molecular formula is C18H25N3O3. The number of aliphatic hydroxyl groups excluding tert-OH is 2. The molecule has 6 nitrogen and oxygen atoms in total. The topological polar surface area (TPSA) is 102 Å². The number of benzene rings is 2. The summed E-state index contributed by atoms with van der Waals surface area (Å²) in [4.78, 5) is 1.91. The van der Waals surface area contributed by atoms with Crippen LogP contribution in [0.3, 0.4) is 0 Å². The summed E-state index contributed by atoms with van der Waals surface area (Å²) in [5.41, 5.74) is 10.5.